The number of hydrogen-bond acceptors (Lipinski definition) is 2. The van der Waals surface area contributed by atoms with Crippen LogP contribution in [-0.2, 0) is 0 Å². The second-order valence-corrected chi connectivity index (χ2v) is 2.23. The topological polar surface area (TPSA) is 24.4 Å². The average molecular weight is 173 g/mol. The van der Waals surface area contributed by atoms with Gasteiger partial charge in [0.1, 0.15) is 6.04 Å². The molecule has 58 valence electrons. The summed E-state index contributed by atoms with van der Waals surface area (Å²) in [4.78, 5) is 3.33. The van der Waals surface area contributed by atoms with E-state index in [2.05, 4.69) is 4.99 Å². The Morgan fingerprint density at radius 1 is 1.60 bits per heavy atom. The zero-order chi connectivity index (χ0) is 7.78. The second kappa shape index (κ2) is 2.30. The molecule has 0 aliphatic carbocycles. The normalized spacial score (nSPS) is 26.0. The Bertz CT molecular complexity index is 164. The Kier molecular flexibility index (Phi) is 1.76. The molecule has 0 aromatic heterocycles. The SMILES string of the molecule is FC(F)(F)C1CN=C(Cl)N1. The molecule has 0 amide bonds. The summed E-state index contributed by atoms with van der Waals surface area (Å²) in [5.41, 5.74) is 0. The van der Waals surface area contributed by atoms with Gasteiger partial charge in [-0.1, -0.05) is 0 Å². The van der Waals surface area contributed by atoms with Gasteiger partial charge in [-0.2, -0.15) is 13.2 Å². The van der Waals surface area contributed by atoms with E-state index in [-0.39, 0.29) is 11.8 Å². The largest absolute Gasteiger partial charge is 0.410 e. The molecule has 1 aliphatic rings. The second-order valence-electron chi connectivity index (χ2n) is 1.87. The molecule has 0 aromatic rings. The summed E-state index contributed by atoms with van der Waals surface area (Å²) in [5, 5.41) is 1.82. The van der Waals surface area contributed by atoms with E-state index >= 15 is 0 Å². The van der Waals surface area contributed by atoms with Crippen molar-refractivity contribution in [2.24, 2.45) is 4.99 Å². The van der Waals surface area contributed by atoms with Crippen LogP contribution in [0.25, 0.3) is 0 Å². The fourth-order valence-corrected chi connectivity index (χ4v) is 0.793. The van der Waals surface area contributed by atoms with Crippen molar-refractivity contribution in [3.8, 4) is 0 Å². The minimum Gasteiger partial charge on any atom is -0.348 e. The quantitative estimate of drug-likeness (QED) is 0.544. The first-order valence-electron chi connectivity index (χ1n) is 2.53. The molecule has 1 unspecified atom stereocenters. The lowest BCUT2D eigenvalue weighted by atomic mass is 10.3. The van der Waals surface area contributed by atoms with Crippen LogP contribution in [0.1, 0.15) is 0 Å². The van der Waals surface area contributed by atoms with Gasteiger partial charge >= 0.3 is 6.18 Å². The monoisotopic (exact) mass is 172 g/mol. The number of rotatable bonds is 0. The summed E-state index contributed by atoms with van der Waals surface area (Å²) in [6.45, 7) is -0.317. The van der Waals surface area contributed by atoms with Crippen molar-refractivity contribution in [2.45, 2.75) is 12.2 Å². The third-order valence-electron chi connectivity index (χ3n) is 1.10. The van der Waals surface area contributed by atoms with Crippen LogP contribution in [0, 0.1) is 0 Å². The van der Waals surface area contributed by atoms with Crippen LogP contribution in [0.4, 0.5) is 13.2 Å². The molecule has 1 atom stereocenters. The number of alkyl halides is 3. The lowest BCUT2D eigenvalue weighted by molar-refractivity contribution is -0.147. The summed E-state index contributed by atoms with van der Waals surface area (Å²) in [6.07, 6.45) is -4.25. The smallest absolute Gasteiger partial charge is 0.348 e. The number of nitrogens with one attached hydrogen (secondary N) is 1. The lowest BCUT2D eigenvalue weighted by Crippen LogP contribution is -2.41. The molecule has 1 N–H and O–H groups in total. The third kappa shape index (κ3) is 1.53. The van der Waals surface area contributed by atoms with Crippen molar-refractivity contribution >= 4 is 16.9 Å². The number of amidine groups is 1. The summed E-state index contributed by atoms with van der Waals surface area (Å²) in [5.74, 6) is 0. The Balaban J connectivity index is 2.50. The summed E-state index contributed by atoms with van der Waals surface area (Å²) in [6, 6.07) is -1.60. The molecular formula is C4H4ClF3N2. The average Bonchev–Trinajstić information content (AvgIpc) is 2.11. The minimum atomic E-state index is -4.25. The zero-order valence-electron chi connectivity index (χ0n) is 4.74. The maximum absolute atomic E-state index is 11.7. The number of halogens is 4. The zero-order valence-corrected chi connectivity index (χ0v) is 5.50. The summed E-state index contributed by atoms with van der Waals surface area (Å²) >= 11 is 5.15. The van der Waals surface area contributed by atoms with Gasteiger partial charge in [0.05, 0.1) is 6.54 Å². The van der Waals surface area contributed by atoms with E-state index in [0.717, 1.165) is 0 Å². The van der Waals surface area contributed by atoms with Crippen molar-refractivity contribution in [2.75, 3.05) is 6.54 Å². The Hall–Kier alpha value is -0.450. The summed E-state index contributed by atoms with van der Waals surface area (Å²) < 4.78 is 35.2. The molecule has 0 saturated carbocycles. The third-order valence-corrected chi connectivity index (χ3v) is 1.33. The Labute approximate surface area is 60.1 Å². The first kappa shape index (κ1) is 7.65. The van der Waals surface area contributed by atoms with Gasteiger partial charge in [-0.3, -0.25) is 4.99 Å². The van der Waals surface area contributed by atoms with Crippen molar-refractivity contribution in [3.63, 3.8) is 0 Å². The van der Waals surface area contributed by atoms with Crippen LogP contribution in [0.15, 0.2) is 4.99 Å². The van der Waals surface area contributed by atoms with Gasteiger partial charge in [-0.25, -0.2) is 0 Å². The molecule has 0 radical (unpaired) electrons. The van der Waals surface area contributed by atoms with Crippen LogP contribution >= 0.6 is 11.6 Å². The predicted molar refractivity (Wildman–Crippen MR) is 31.1 cm³/mol. The molecule has 0 spiro atoms. The van der Waals surface area contributed by atoms with Gasteiger partial charge in [0.25, 0.3) is 0 Å². The van der Waals surface area contributed by atoms with Crippen LogP contribution in [0.3, 0.4) is 0 Å². The van der Waals surface area contributed by atoms with Crippen LogP contribution in [0.5, 0.6) is 0 Å². The van der Waals surface area contributed by atoms with Gasteiger partial charge in [-0.05, 0) is 11.6 Å². The van der Waals surface area contributed by atoms with E-state index in [9.17, 15) is 13.2 Å². The molecule has 10 heavy (non-hydrogen) atoms. The molecule has 0 fully saturated rings. The van der Waals surface area contributed by atoms with E-state index in [0.29, 0.717) is 0 Å². The van der Waals surface area contributed by atoms with Crippen molar-refractivity contribution < 1.29 is 13.2 Å². The molecule has 1 heterocycles. The molecule has 2 nitrogen and oxygen atoms in total. The van der Waals surface area contributed by atoms with E-state index in [4.69, 9.17) is 11.6 Å². The molecular weight excluding hydrogens is 169 g/mol. The fourth-order valence-electron chi connectivity index (χ4n) is 0.592. The molecule has 0 saturated heterocycles. The van der Waals surface area contributed by atoms with E-state index in [1.165, 1.54) is 0 Å². The Morgan fingerprint density at radius 3 is 2.40 bits per heavy atom. The van der Waals surface area contributed by atoms with Gasteiger partial charge in [-0.15, -0.1) is 0 Å². The highest BCUT2D eigenvalue weighted by atomic mass is 35.5. The molecule has 6 heteroatoms. The van der Waals surface area contributed by atoms with E-state index < -0.39 is 12.2 Å². The van der Waals surface area contributed by atoms with Crippen molar-refractivity contribution in [1.82, 2.24) is 5.32 Å². The molecule has 1 rings (SSSR count). The number of nitrogens with zero attached hydrogens (tertiary/aromatic N) is 1. The Morgan fingerprint density at radius 2 is 2.20 bits per heavy atom. The molecule has 1 aliphatic heterocycles. The number of hydrogen-bond donors (Lipinski definition) is 1. The van der Waals surface area contributed by atoms with E-state index in [1.807, 2.05) is 5.32 Å². The minimum absolute atomic E-state index is 0.165. The highest BCUT2D eigenvalue weighted by molar-refractivity contribution is 6.64. The van der Waals surface area contributed by atoms with Crippen molar-refractivity contribution in [1.29, 1.82) is 0 Å². The van der Waals surface area contributed by atoms with E-state index in [1.54, 1.807) is 0 Å². The maximum atomic E-state index is 11.7. The predicted octanol–water partition coefficient (Wildman–Crippen LogP) is 1.12. The summed E-state index contributed by atoms with van der Waals surface area (Å²) in [7, 11) is 0. The van der Waals surface area contributed by atoms with Gasteiger partial charge < -0.3 is 5.32 Å². The number of aliphatic imine (C=N–C) groups is 1. The van der Waals surface area contributed by atoms with Crippen molar-refractivity contribution in [3.05, 3.63) is 0 Å². The van der Waals surface area contributed by atoms with Gasteiger partial charge in [0, 0.05) is 0 Å². The van der Waals surface area contributed by atoms with Gasteiger partial charge in [0.15, 0.2) is 5.29 Å². The first-order valence-corrected chi connectivity index (χ1v) is 2.91. The highest BCUT2D eigenvalue weighted by Crippen LogP contribution is 2.22. The van der Waals surface area contributed by atoms with Crippen LogP contribution in [-0.4, -0.2) is 24.1 Å². The van der Waals surface area contributed by atoms with Crippen LogP contribution < -0.4 is 5.32 Å². The van der Waals surface area contributed by atoms with Crippen LogP contribution in [0.2, 0.25) is 0 Å². The molecule has 0 aromatic carbocycles. The standard InChI is InChI=1S/C4H4ClF3N2/c5-3-9-1-2(10-3)4(6,7)8/h2H,1H2,(H,9,10). The fraction of sp³-hybridized carbons (Fsp3) is 0.750. The molecule has 0 bridgehead atoms. The van der Waals surface area contributed by atoms with Gasteiger partial charge in [0.2, 0.25) is 0 Å². The highest BCUT2D eigenvalue weighted by Gasteiger charge is 2.42. The first-order chi connectivity index (χ1) is 4.50. The maximum Gasteiger partial charge on any atom is 0.410 e. The lowest BCUT2D eigenvalue weighted by Gasteiger charge is -2.13.